The van der Waals surface area contributed by atoms with E-state index in [1.54, 1.807) is 11.3 Å². The van der Waals surface area contributed by atoms with Crippen molar-refractivity contribution in [3.63, 3.8) is 0 Å². The van der Waals surface area contributed by atoms with Crippen molar-refractivity contribution in [1.82, 2.24) is 4.98 Å². The number of ether oxygens (including phenoxy) is 1. The second kappa shape index (κ2) is 11.4. The van der Waals surface area contributed by atoms with Crippen LogP contribution in [0.4, 0.5) is 0 Å². The molecule has 0 fully saturated rings. The Hall–Kier alpha value is -0.410. The zero-order valence-electron chi connectivity index (χ0n) is 12.6. The van der Waals surface area contributed by atoms with Crippen molar-refractivity contribution in [1.29, 1.82) is 0 Å². The third-order valence-corrected chi connectivity index (χ3v) is 4.46. The number of rotatable bonds is 12. The fourth-order valence-electron chi connectivity index (χ4n) is 2.17. The lowest BCUT2D eigenvalue weighted by atomic mass is 10.1. The van der Waals surface area contributed by atoms with Crippen LogP contribution in [0.15, 0.2) is 5.51 Å². The van der Waals surface area contributed by atoms with Crippen LogP contribution < -0.4 is 0 Å². The number of thiazole rings is 1. The summed E-state index contributed by atoms with van der Waals surface area (Å²) in [6.07, 6.45) is 11.9. The quantitative estimate of drug-likeness (QED) is 0.495. The maximum Gasteiger partial charge on any atom is 0.0797 e. The van der Waals surface area contributed by atoms with E-state index in [4.69, 9.17) is 4.74 Å². The Morgan fingerprint density at radius 1 is 1.00 bits per heavy atom. The third-order valence-electron chi connectivity index (χ3n) is 3.46. The van der Waals surface area contributed by atoms with Gasteiger partial charge in [-0.05, 0) is 13.3 Å². The number of nitrogens with zero attached hydrogens (tertiary/aromatic N) is 1. The predicted octanol–water partition coefficient (Wildman–Crippen LogP) is 5.15. The molecule has 1 heterocycles. The number of hydrogen-bond acceptors (Lipinski definition) is 3. The van der Waals surface area contributed by atoms with Crippen LogP contribution in [0, 0.1) is 6.92 Å². The molecule has 0 atom stereocenters. The summed E-state index contributed by atoms with van der Waals surface area (Å²) in [6.45, 7) is 6.11. The van der Waals surface area contributed by atoms with Crippen molar-refractivity contribution in [2.45, 2.75) is 71.6 Å². The molecule has 0 aromatic carbocycles. The Balaban J connectivity index is 1.80. The number of aromatic nitrogens is 1. The first kappa shape index (κ1) is 16.6. The minimum atomic E-state index is 0.847. The Bertz CT molecular complexity index is 311. The van der Waals surface area contributed by atoms with E-state index in [2.05, 4.69) is 18.8 Å². The van der Waals surface area contributed by atoms with Gasteiger partial charge in [0.25, 0.3) is 0 Å². The van der Waals surface area contributed by atoms with Crippen molar-refractivity contribution in [2.75, 3.05) is 13.2 Å². The van der Waals surface area contributed by atoms with E-state index in [-0.39, 0.29) is 0 Å². The topological polar surface area (TPSA) is 22.1 Å². The van der Waals surface area contributed by atoms with E-state index >= 15 is 0 Å². The summed E-state index contributed by atoms with van der Waals surface area (Å²) in [7, 11) is 0. The lowest BCUT2D eigenvalue weighted by molar-refractivity contribution is 0.133. The van der Waals surface area contributed by atoms with Gasteiger partial charge in [0, 0.05) is 17.9 Å². The van der Waals surface area contributed by atoms with Gasteiger partial charge in [0.1, 0.15) is 0 Å². The fraction of sp³-hybridized carbons (Fsp3) is 0.812. The van der Waals surface area contributed by atoms with Gasteiger partial charge in [-0.3, -0.25) is 0 Å². The molecule has 0 N–H and O–H groups in total. The molecule has 1 aromatic rings. The van der Waals surface area contributed by atoms with Crippen LogP contribution in [-0.4, -0.2) is 18.2 Å². The Morgan fingerprint density at radius 2 is 1.68 bits per heavy atom. The molecule has 1 aromatic heterocycles. The molecule has 0 aliphatic carbocycles. The van der Waals surface area contributed by atoms with E-state index < -0.39 is 0 Å². The largest absolute Gasteiger partial charge is 0.381 e. The summed E-state index contributed by atoms with van der Waals surface area (Å²) in [4.78, 5) is 5.62. The minimum Gasteiger partial charge on any atom is -0.381 e. The first-order valence-electron chi connectivity index (χ1n) is 7.81. The van der Waals surface area contributed by atoms with E-state index in [0.717, 1.165) is 19.6 Å². The molecule has 0 unspecified atom stereocenters. The average Bonchev–Trinajstić information content (AvgIpc) is 2.82. The molecular weight excluding hydrogens is 254 g/mol. The summed E-state index contributed by atoms with van der Waals surface area (Å²) in [5.41, 5.74) is 3.09. The number of hydrogen-bond donors (Lipinski definition) is 0. The second-order valence-electron chi connectivity index (χ2n) is 5.20. The summed E-state index contributed by atoms with van der Waals surface area (Å²) in [5.74, 6) is 0. The molecule has 3 heteroatoms. The highest BCUT2D eigenvalue weighted by atomic mass is 32.1. The molecular formula is C16H29NOS. The van der Waals surface area contributed by atoms with Gasteiger partial charge < -0.3 is 4.74 Å². The van der Waals surface area contributed by atoms with Crippen LogP contribution in [0.5, 0.6) is 0 Å². The fourth-order valence-corrected chi connectivity index (χ4v) is 2.93. The van der Waals surface area contributed by atoms with Gasteiger partial charge in [-0.1, -0.05) is 51.9 Å². The highest BCUT2D eigenvalue weighted by Crippen LogP contribution is 2.13. The van der Waals surface area contributed by atoms with Crippen LogP contribution in [0.2, 0.25) is 0 Å². The zero-order valence-corrected chi connectivity index (χ0v) is 13.4. The molecule has 1 rings (SSSR count). The van der Waals surface area contributed by atoms with E-state index in [1.165, 1.54) is 61.9 Å². The van der Waals surface area contributed by atoms with E-state index in [0.29, 0.717) is 0 Å². The first-order chi connectivity index (χ1) is 9.34. The van der Waals surface area contributed by atoms with Crippen LogP contribution >= 0.6 is 11.3 Å². The normalized spacial score (nSPS) is 11.1. The average molecular weight is 283 g/mol. The molecule has 0 aliphatic rings. The van der Waals surface area contributed by atoms with E-state index in [9.17, 15) is 0 Å². The molecule has 0 amide bonds. The van der Waals surface area contributed by atoms with Gasteiger partial charge in [0.15, 0.2) is 0 Å². The maximum atomic E-state index is 5.69. The molecule has 110 valence electrons. The minimum absolute atomic E-state index is 0.847. The second-order valence-corrected chi connectivity index (χ2v) is 6.14. The molecule has 19 heavy (non-hydrogen) atoms. The zero-order chi connectivity index (χ0) is 13.8. The lowest BCUT2D eigenvalue weighted by Crippen LogP contribution is -2.00. The smallest absolute Gasteiger partial charge is 0.0797 e. The summed E-state index contributed by atoms with van der Waals surface area (Å²) < 4.78 is 5.69. The summed E-state index contributed by atoms with van der Waals surface area (Å²) in [5, 5.41) is 0. The van der Waals surface area contributed by atoms with Gasteiger partial charge in [0.05, 0.1) is 17.8 Å². The molecule has 0 saturated heterocycles. The Labute approximate surface area is 122 Å². The van der Waals surface area contributed by atoms with Crippen LogP contribution in [0.1, 0.15) is 68.9 Å². The predicted molar refractivity (Wildman–Crippen MR) is 84.0 cm³/mol. The number of unbranched alkanes of at least 4 members (excludes halogenated alkanes) is 7. The maximum absolute atomic E-state index is 5.69. The Kier molecular flexibility index (Phi) is 10.0. The number of aryl methyl sites for hydroxylation is 1. The van der Waals surface area contributed by atoms with Gasteiger partial charge in [-0.15, -0.1) is 11.3 Å². The van der Waals surface area contributed by atoms with Crippen molar-refractivity contribution in [3.05, 3.63) is 16.1 Å². The van der Waals surface area contributed by atoms with Crippen molar-refractivity contribution in [2.24, 2.45) is 0 Å². The van der Waals surface area contributed by atoms with Crippen molar-refractivity contribution in [3.8, 4) is 0 Å². The SMILES string of the molecule is CCCCCCCCCCOCCc1scnc1C. The molecule has 0 bridgehead atoms. The van der Waals surface area contributed by atoms with E-state index in [1.807, 2.05) is 5.51 Å². The van der Waals surface area contributed by atoms with Crippen LogP contribution in [0.25, 0.3) is 0 Å². The lowest BCUT2D eigenvalue weighted by Gasteiger charge is -2.04. The molecule has 0 spiro atoms. The third kappa shape index (κ3) is 8.38. The molecule has 0 aliphatic heterocycles. The van der Waals surface area contributed by atoms with Gasteiger partial charge in [0.2, 0.25) is 0 Å². The van der Waals surface area contributed by atoms with Crippen LogP contribution in [-0.2, 0) is 11.2 Å². The summed E-state index contributed by atoms with van der Waals surface area (Å²) in [6, 6.07) is 0. The molecule has 0 saturated carbocycles. The monoisotopic (exact) mass is 283 g/mol. The van der Waals surface area contributed by atoms with Crippen molar-refractivity contribution >= 4 is 11.3 Å². The highest BCUT2D eigenvalue weighted by molar-refractivity contribution is 7.09. The standard InChI is InChI=1S/C16H29NOS/c1-3-4-5-6-7-8-9-10-12-18-13-11-16-15(2)17-14-19-16/h14H,3-13H2,1-2H3. The first-order valence-corrected chi connectivity index (χ1v) is 8.69. The Morgan fingerprint density at radius 3 is 2.32 bits per heavy atom. The van der Waals surface area contributed by atoms with Gasteiger partial charge >= 0.3 is 0 Å². The van der Waals surface area contributed by atoms with Crippen molar-refractivity contribution < 1.29 is 4.74 Å². The molecule has 0 radical (unpaired) electrons. The van der Waals surface area contributed by atoms with Gasteiger partial charge in [-0.2, -0.15) is 0 Å². The molecule has 2 nitrogen and oxygen atoms in total. The van der Waals surface area contributed by atoms with Crippen LogP contribution in [0.3, 0.4) is 0 Å². The highest BCUT2D eigenvalue weighted by Gasteiger charge is 2.00. The van der Waals surface area contributed by atoms with Gasteiger partial charge in [-0.25, -0.2) is 4.98 Å². The summed E-state index contributed by atoms with van der Waals surface area (Å²) >= 11 is 1.74.